The second-order valence-electron chi connectivity index (χ2n) is 8.72. The molecular weight excluding hydrogens is 395 g/mol. The van der Waals surface area contributed by atoms with Gasteiger partial charge in [0.05, 0.1) is 11.6 Å². The number of rotatable bonds is 5. The van der Waals surface area contributed by atoms with E-state index in [9.17, 15) is 14.0 Å². The van der Waals surface area contributed by atoms with Gasteiger partial charge in [-0.1, -0.05) is 31.9 Å². The molecule has 0 spiro atoms. The third-order valence-electron chi connectivity index (χ3n) is 6.61. The van der Waals surface area contributed by atoms with E-state index in [2.05, 4.69) is 17.3 Å². The molecule has 2 unspecified atom stereocenters. The summed E-state index contributed by atoms with van der Waals surface area (Å²) in [5, 5.41) is 8.72. The smallest absolute Gasteiger partial charge is 0.276 e. The monoisotopic (exact) mass is 424 g/mol. The lowest BCUT2D eigenvalue weighted by Gasteiger charge is -2.29. The zero-order chi connectivity index (χ0) is 22.1. The SMILES string of the molecule is Cc1c2cnn(CC(=O)NC3CCCCC3C)c(=O)c2c(C)n1Cc1ccc(F)cc1. The van der Waals surface area contributed by atoms with Crippen LogP contribution in [0.15, 0.2) is 35.3 Å². The van der Waals surface area contributed by atoms with Gasteiger partial charge in [-0.25, -0.2) is 9.07 Å². The highest BCUT2D eigenvalue weighted by Gasteiger charge is 2.23. The summed E-state index contributed by atoms with van der Waals surface area (Å²) in [6, 6.07) is 6.52. The average molecular weight is 425 g/mol. The van der Waals surface area contributed by atoms with Crippen LogP contribution < -0.4 is 10.9 Å². The summed E-state index contributed by atoms with van der Waals surface area (Å²) < 4.78 is 16.5. The predicted molar refractivity (Wildman–Crippen MR) is 119 cm³/mol. The highest BCUT2D eigenvalue weighted by atomic mass is 19.1. The van der Waals surface area contributed by atoms with E-state index in [0.717, 1.165) is 41.6 Å². The third kappa shape index (κ3) is 4.27. The van der Waals surface area contributed by atoms with Gasteiger partial charge in [0, 0.05) is 29.4 Å². The number of hydrogen-bond donors (Lipinski definition) is 1. The van der Waals surface area contributed by atoms with Gasteiger partial charge >= 0.3 is 0 Å². The summed E-state index contributed by atoms with van der Waals surface area (Å²) in [5.41, 5.74) is 2.43. The number of aromatic nitrogens is 3. The molecule has 1 amide bonds. The standard InChI is InChI=1S/C24H29FN4O2/c1-15-6-4-5-7-21(15)27-22(30)14-29-24(31)23-17(3)28(16(2)20(23)12-26-29)13-18-8-10-19(25)11-9-18/h8-12,15,21H,4-7,13-14H2,1-3H3,(H,27,30). The highest BCUT2D eigenvalue weighted by molar-refractivity contribution is 5.87. The first-order valence-corrected chi connectivity index (χ1v) is 10.9. The Bertz CT molecular complexity index is 1160. The van der Waals surface area contributed by atoms with E-state index in [0.29, 0.717) is 17.8 Å². The van der Waals surface area contributed by atoms with Crippen LogP contribution in [0.3, 0.4) is 0 Å². The second kappa shape index (κ2) is 8.65. The number of amides is 1. The largest absolute Gasteiger partial charge is 0.351 e. The van der Waals surface area contributed by atoms with E-state index < -0.39 is 0 Å². The second-order valence-corrected chi connectivity index (χ2v) is 8.72. The van der Waals surface area contributed by atoms with Crippen molar-refractivity contribution in [2.24, 2.45) is 5.92 Å². The summed E-state index contributed by atoms with van der Waals surface area (Å²) in [5.74, 6) is 0.00548. The molecule has 3 aromatic rings. The number of benzene rings is 1. The van der Waals surface area contributed by atoms with Gasteiger partial charge in [0.2, 0.25) is 5.91 Å². The molecule has 1 aliphatic rings. The van der Waals surface area contributed by atoms with Gasteiger partial charge in [-0.05, 0) is 50.3 Å². The topological polar surface area (TPSA) is 68.9 Å². The molecule has 0 bridgehead atoms. The van der Waals surface area contributed by atoms with Crippen LogP contribution >= 0.6 is 0 Å². The average Bonchev–Trinajstić information content (AvgIpc) is 2.98. The molecule has 1 N–H and O–H groups in total. The molecular formula is C24H29FN4O2. The molecule has 0 aliphatic heterocycles. The third-order valence-corrected chi connectivity index (χ3v) is 6.61. The first kappa shape index (κ1) is 21.3. The van der Waals surface area contributed by atoms with Gasteiger partial charge < -0.3 is 9.88 Å². The minimum Gasteiger partial charge on any atom is -0.351 e. The Morgan fingerprint density at radius 3 is 2.58 bits per heavy atom. The fourth-order valence-corrected chi connectivity index (χ4v) is 4.69. The summed E-state index contributed by atoms with van der Waals surface area (Å²) in [4.78, 5) is 25.8. The van der Waals surface area contributed by atoms with Crippen molar-refractivity contribution in [3.8, 4) is 0 Å². The number of hydrogen-bond acceptors (Lipinski definition) is 3. The molecule has 1 aromatic carbocycles. The van der Waals surface area contributed by atoms with Crippen molar-refractivity contribution in [2.45, 2.75) is 65.6 Å². The molecule has 0 radical (unpaired) electrons. The Morgan fingerprint density at radius 2 is 1.87 bits per heavy atom. The normalized spacial score (nSPS) is 19.0. The van der Waals surface area contributed by atoms with Crippen molar-refractivity contribution >= 4 is 16.7 Å². The zero-order valence-electron chi connectivity index (χ0n) is 18.3. The number of fused-ring (bicyclic) bond motifs is 1. The number of aryl methyl sites for hydroxylation is 2. The van der Waals surface area contributed by atoms with Gasteiger partial charge in [0.15, 0.2) is 0 Å². The Balaban J connectivity index is 1.59. The lowest BCUT2D eigenvalue weighted by Crippen LogP contribution is -2.43. The quantitative estimate of drug-likeness (QED) is 0.679. The molecule has 164 valence electrons. The van der Waals surface area contributed by atoms with Gasteiger partial charge in [-0.15, -0.1) is 0 Å². The maximum atomic E-state index is 13.2. The van der Waals surface area contributed by atoms with E-state index in [-0.39, 0.29) is 29.9 Å². The lowest BCUT2D eigenvalue weighted by molar-refractivity contribution is -0.123. The minimum absolute atomic E-state index is 0.0837. The van der Waals surface area contributed by atoms with Crippen molar-refractivity contribution in [3.63, 3.8) is 0 Å². The first-order valence-electron chi connectivity index (χ1n) is 10.9. The molecule has 31 heavy (non-hydrogen) atoms. The molecule has 4 rings (SSSR count). The van der Waals surface area contributed by atoms with Crippen molar-refractivity contribution in [1.29, 1.82) is 0 Å². The first-order chi connectivity index (χ1) is 14.8. The number of nitrogens with one attached hydrogen (secondary N) is 1. The van der Waals surface area contributed by atoms with Crippen LogP contribution in [-0.2, 0) is 17.9 Å². The Kier molecular flexibility index (Phi) is 5.94. The summed E-state index contributed by atoms with van der Waals surface area (Å²) in [6.07, 6.45) is 6.10. The molecule has 2 aromatic heterocycles. The molecule has 1 aliphatic carbocycles. The molecule has 2 heterocycles. The fraction of sp³-hybridized carbons (Fsp3) is 0.458. The molecule has 2 atom stereocenters. The number of carbonyl (C=O) groups is 1. The van der Waals surface area contributed by atoms with E-state index in [1.165, 1.54) is 23.2 Å². The Hall–Kier alpha value is -2.96. The molecule has 1 saturated carbocycles. The fourth-order valence-electron chi connectivity index (χ4n) is 4.69. The van der Waals surface area contributed by atoms with Crippen LogP contribution in [0.1, 0.15) is 49.6 Å². The van der Waals surface area contributed by atoms with E-state index in [1.807, 2.05) is 18.4 Å². The number of carbonyl (C=O) groups excluding carboxylic acids is 1. The van der Waals surface area contributed by atoms with Crippen molar-refractivity contribution in [2.75, 3.05) is 0 Å². The van der Waals surface area contributed by atoms with Crippen LogP contribution in [0.4, 0.5) is 4.39 Å². The zero-order valence-corrected chi connectivity index (χ0v) is 18.3. The predicted octanol–water partition coefficient (Wildman–Crippen LogP) is 3.70. The van der Waals surface area contributed by atoms with Crippen molar-refractivity contribution in [3.05, 3.63) is 63.6 Å². The lowest BCUT2D eigenvalue weighted by atomic mass is 9.86. The van der Waals surface area contributed by atoms with Gasteiger partial charge in [-0.3, -0.25) is 9.59 Å². The van der Waals surface area contributed by atoms with Crippen molar-refractivity contribution < 1.29 is 9.18 Å². The Morgan fingerprint density at radius 1 is 1.16 bits per heavy atom. The van der Waals surface area contributed by atoms with Crippen LogP contribution in [0.25, 0.3) is 10.8 Å². The highest BCUT2D eigenvalue weighted by Crippen LogP contribution is 2.24. The van der Waals surface area contributed by atoms with Gasteiger partial charge in [0.25, 0.3) is 5.56 Å². The van der Waals surface area contributed by atoms with E-state index in [1.54, 1.807) is 18.3 Å². The summed E-state index contributed by atoms with van der Waals surface area (Å²) >= 11 is 0. The van der Waals surface area contributed by atoms with E-state index >= 15 is 0 Å². The van der Waals surface area contributed by atoms with Crippen LogP contribution in [0, 0.1) is 25.6 Å². The molecule has 7 heteroatoms. The van der Waals surface area contributed by atoms with Gasteiger partial charge in [0.1, 0.15) is 12.4 Å². The molecule has 1 fully saturated rings. The maximum Gasteiger partial charge on any atom is 0.276 e. The number of halogens is 1. The molecule has 6 nitrogen and oxygen atoms in total. The Labute approximate surface area is 181 Å². The van der Waals surface area contributed by atoms with Crippen LogP contribution in [-0.4, -0.2) is 26.3 Å². The summed E-state index contributed by atoms with van der Waals surface area (Å²) in [6.45, 7) is 6.46. The van der Waals surface area contributed by atoms with Gasteiger partial charge in [-0.2, -0.15) is 5.10 Å². The van der Waals surface area contributed by atoms with E-state index in [4.69, 9.17) is 0 Å². The maximum absolute atomic E-state index is 13.2. The number of nitrogens with zero attached hydrogens (tertiary/aromatic N) is 3. The summed E-state index contributed by atoms with van der Waals surface area (Å²) in [7, 11) is 0. The molecule has 0 saturated heterocycles. The van der Waals surface area contributed by atoms with Crippen LogP contribution in [0.2, 0.25) is 0 Å². The minimum atomic E-state index is -0.275. The van der Waals surface area contributed by atoms with Crippen LogP contribution in [0.5, 0.6) is 0 Å². The van der Waals surface area contributed by atoms with Crippen molar-refractivity contribution in [1.82, 2.24) is 19.7 Å².